The summed E-state index contributed by atoms with van der Waals surface area (Å²) >= 11 is 0. The Hall–Kier alpha value is -3.46. The molecule has 1 unspecified atom stereocenters. The Balaban J connectivity index is 1.26. The molecule has 1 aromatic carbocycles. The minimum Gasteiger partial charge on any atom is -0.312 e. The van der Waals surface area contributed by atoms with Crippen LogP contribution in [0.4, 0.5) is 4.39 Å². The molecule has 0 radical (unpaired) electrons. The van der Waals surface area contributed by atoms with E-state index in [1.807, 2.05) is 24.4 Å². The first kappa shape index (κ1) is 20.4. The number of benzene rings is 1. The third-order valence-corrected chi connectivity index (χ3v) is 5.95. The molecule has 32 heavy (non-hydrogen) atoms. The number of amides is 2. The second-order valence-corrected chi connectivity index (χ2v) is 8.05. The van der Waals surface area contributed by atoms with E-state index in [9.17, 15) is 14.0 Å². The van der Waals surface area contributed by atoms with Gasteiger partial charge in [0.15, 0.2) is 12.4 Å². The number of hydrogen-bond donors (Lipinski definition) is 3. The van der Waals surface area contributed by atoms with E-state index < -0.39 is 0 Å². The second kappa shape index (κ2) is 8.58. The first-order valence-corrected chi connectivity index (χ1v) is 10.6. The second-order valence-electron chi connectivity index (χ2n) is 8.05. The zero-order chi connectivity index (χ0) is 22.1. The SMILES string of the molecule is O=C(/C=C/c1ccc(F)cc1)N1C=CC2=C[N+](C(=O)C3=C[C@H]4NNNC4CC3)=CC2=CC1. The average molecular weight is 432 g/mol. The van der Waals surface area contributed by atoms with Crippen LogP contribution in [-0.2, 0) is 9.59 Å². The molecular formula is C24H23FN5O2+. The number of nitrogens with zero attached hydrogens (tertiary/aromatic N) is 2. The van der Waals surface area contributed by atoms with Gasteiger partial charge in [0.25, 0.3) is 5.91 Å². The highest BCUT2D eigenvalue weighted by Crippen LogP contribution is 2.24. The van der Waals surface area contributed by atoms with E-state index in [1.54, 1.807) is 40.1 Å². The van der Waals surface area contributed by atoms with Crippen molar-refractivity contribution in [3.8, 4) is 0 Å². The van der Waals surface area contributed by atoms with Crippen molar-refractivity contribution in [2.45, 2.75) is 24.9 Å². The van der Waals surface area contributed by atoms with Gasteiger partial charge in [-0.2, -0.15) is 5.53 Å². The van der Waals surface area contributed by atoms with Crippen molar-refractivity contribution in [3.63, 3.8) is 0 Å². The van der Waals surface area contributed by atoms with Gasteiger partial charge in [-0.25, -0.2) is 20.0 Å². The minimum absolute atomic E-state index is 0.0258. The summed E-state index contributed by atoms with van der Waals surface area (Å²) in [6.07, 6.45) is 15.8. The predicted octanol–water partition coefficient (Wildman–Crippen LogP) is 1.70. The molecule has 1 aromatic rings. The normalized spacial score (nSPS) is 24.3. The van der Waals surface area contributed by atoms with Gasteiger partial charge < -0.3 is 4.90 Å². The molecular weight excluding hydrogens is 409 g/mol. The lowest BCUT2D eigenvalue weighted by Gasteiger charge is -2.20. The van der Waals surface area contributed by atoms with Crippen LogP contribution in [-0.4, -0.2) is 46.1 Å². The van der Waals surface area contributed by atoms with Crippen LogP contribution in [0.25, 0.3) is 6.08 Å². The summed E-state index contributed by atoms with van der Waals surface area (Å²) in [6.45, 7) is 0.391. The zero-order valence-electron chi connectivity index (χ0n) is 17.3. The summed E-state index contributed by atoms with van der Waals surface area (Å²) < 4.78 is 14.6. The number of allylic oxidation sites excluding steroid dienone is 3. The minimum atomic E-state index is -0.313. The molecule has 0 spiro atoms. The van der Waals surface area contributed by atoms with Crippen molar-refractivity contribution in [1.82, 2.24) is 21.3 Å². The summed E-state index contributed by atoms with van der Waals surface area (Å²) in [6, 6.07) is 6.35. The zero-order valence-corrected chi connectivity index (χ0v) is 17.3. The van der Waals surface area contributed by atoms with Gasteiger partial charge in [0.05, 0.1) is 17.2 Å². The van der Waals surface area contributed by atoms with Crippen molar-refractivity contribution < 1.29 is 18.6 Å². The molecule has 5 rings (SSSR count). The molecule has 3 N–H and O–H groups in total. The molecule has 0 saturated carbocycles. The summed E-state index contributed by atoms with van der Waals surface area (Å²) in [5.41, 5.74) is 12.5. The van der Waals surface area contributed by atoms with Crippen LogP contribution < -0.4 is 16.4 Å². The number of nitrogens with one attached hydrogen (secondary N) is 3. The van der Waals surface area contributed by atoms with Gasteiger partial charge in [-0.05, 0) is 42.7 Å². The molecule has 1 saturated heterocycles. The molecule has 3 heterocycles. The predicted molar refractivity (Wildman–Crippen MR) is 118 cm³/mol. The third-order valence-electron chi connectivity index (χ3n) is 5.95. The summed E-state index contributed by atoms with van der Waals surface area (Å²) in [5, 5.41) is 0. The lowest BCUT2D eigenvalue weighted by Crippen LogP contribution is -2.36. The molecule has 3 aliphatic heterocycles. The van der Waals surface area contributed by atoms with Crippen LogP contribution in [0.2, 0.25) is 0 Å². The molecule has 2 amide bonds. The Kier molecular flexibility index (Phi) is 5.48. The van der Waals surface area contributed by atoms with Gasteiger partial charge in [-0.3, -0.25) is 4.79 Å². The van der Waals surface area contributed by atoms with Gasteiger partial charge in [0.2, 0.25) is 0 Å². The first-order valence-electron chi connectivity index (χ1n) is 10.6. The highest BCUT2D eigenvalue weighted by atomic mass is 19.1. The Morgan fingerprint density at radius 2 is 2.00 bits per heavy atom. The fraction of sp³-hybridized carbons (Fsp3) is 0.208. The fourth-order valence-corrected chi connectivity index (χ4v) is 4.11. The third kappa shape index (κ3) is 4.16. The molecule has 8 heteroatoms. The Bertz CT molecular complexity index is 1140. The Labute approximate surface area is 184 Å². The van der Waals surface area contributed by atoms with E-state index in [4.69, 9.17) is 0 Å². The number of carbonyl (C=O) groups is 2. The van der Waals surface area contributed by atoms with Crippen molar-refractivity contribution in [3.05, 3.63) is 89.1 Å². The maximum absolute atomic E-state index is 13.0. The highest BCUT2D eigenvalue weighted by Gasteiger charge is 2.35. The van der Waals surface area contributed by atoms with Gasteiger partial charge in [-0.15, -0.1) is 4.58 Å². The maximum Gasteiger partial charge on any atom is 0.420 e. The van der Waals surface area contributed by atoms with Crippen molar-refractivity contribution in [2.24, 2.45) is 0 Å². The molecule has 1 fully saturated rings. The van der Waals surface area contributed by atoms with E-state index >= 15 is 0 Å². The van der Waals surface area contributed by atoms with Crippen LogP contribution >= 0.6 is 0 Å². The first-order chi connectivity index (χ1) is 15.6. The summed E-state index contributed by atoms with van der Waals surface area (Å²) in [4.78, 5) is 27.1. The van der Waals surface area contributed by atoms with Crippen LogP contribution in [0.15, 0.2) is 77.7 Å². The smallest absolute Gasteiger partial charge is 0.312 e. The van der Waals surface area contributed by atoms with E-state index in [-0.39, 0.29) is 23.7 Å². The van der Waals surface area contributed by atoms with Crippen molar-refractivity contribution in [2.75, 3.05) is 6.54 Å². The Morgan fingerprint density at radius 3 is 2.84 bits per heavy atom. The summed E-state index contributed by atoms with van der Waals surface area (Å²) in [7, 11) is 0. The van der Waals surface area contributed by atoms with E-state index in [2.05, 4.69) is 16.4 Å². The molecule has 1 aliphatic carbocycles. The molecule has 4 aliphatic rings. The van der Waals surface area contributed by atoms with Crippen LogP contribution in [0.1, 0.15) is 18.4 Å². The quantitative estimate of drug-likeness (QED) is 0.501. The lowest BCUT2D eigenvalue weighted by molar-refractivity contribution is -0.369. The maximum atomic E-state index is 13.0. The largest absolute Gasteiger partial charge is 0.420 e. The number of halogens is 1. The standard InChI is InChI=1S/C24H23FN5O2/c25-20-5-1-16(2-6-20)3-8-23(31)29-11-9-18-14-30(15-19(18)10-12-29)24(32)17-4-7-21-22(13-17)27-28-26-21/h1-3,5-6,8-11,13-15,21-22,26-28H,4,7,12H2/q+1/b8-3+/t21?,22-/m1/s1. The van der Waals surface area contributed by atoms with Crippen LogP contribution in [0.5, 0.6) is 0 Å². The molecule has 2 atom stereocenters. The van der Waals surface area contributed by atoms with Crippen molar-refractivity contribution >= 4 is 24.1 Å². The van der Waals surface area contributed by atoms with Gasteiger partial charge in [0, 0.05) is 30.4 Å². The van der Waals surface area contributed by atoms with Gasteiger partial charge in [-0.1, -0.05) is 24.3 Å². The van der Waals surface area contributed by atoms with E-state index in [0.717, 1.165) is 35.1 Å². The van der Waals surface area contributed by atoms with E-state index in [0.29, 0.717) is 12.6 Å². The lowest BCUT2D eigenvalue weighted by atomic mass is 9.92. The van der Waals surface area contributed by atoms with Crippen molar-refractivity contribution in [1.29, 1.82) is 0 Å². The van der Waals surface area contributed by atoms with Crippen LogP contribution in [0.3, 0.4) is 0 Å². The molecule has 162 valence electrons. The fourth-order valence-electron chi connectivity index (χ4n) is 4.11. The van der Waals surface area contributed by atoms with Crippen LogP contribution in [0, 0.1) is 5.82 Å². The van der Waals surface area contributed by atoms with E-state index in [1.165, 1.54) is 18.2 Å². The number of hydrogen-bond acceptors (Lipinski definition) is 5. The number of hydrazine groups is 2. The summed E-state index contributed by atoms with van der Waals surface area (Å²) in [5.74, 6) is -0.515. The number of fused-ring (bicyclic) bond motifs is 2. The van der Waals surface area contributed by atoms with Gasteiger partial charge >= 0.3 is 5.91 Å². The highest BCUT2D eigenvalue weighted by molar-refractivity contribution is 5.96. The Morgan fingerprint density at radius 1 is 1.16 bits per heavy atom. The average Bonchev–Trinajstić information content (AvgIpc) is 3.40. The number of rotatable bonds is 3. The molecule has 0 aromatic heterocycles. The number of carbonyl (C=O) groups excluding carboxylic acids is 2. The van der Waals surface area contributed by atoms with Gasteiger partial charge in [0.1, 0.15) is 5.82 Å². The topological polar surface area (TPSA) is 76.5 Å². The monoisotopic (exact) mass is 432 g/mol. The molecule has 7 nitrogen and oxygen atoms in total. The molecule has 0 bridgehead atoms.